The predicted octanol–water partition coefficient (Wildman–Crippen LogP) is 5.04. The van der Waals surface area contributed by atoms with Gasteiger partial charge in [-0.25, -0.2) is 0 Å². The molecular formula is C16H34O2Si. The largest absolute Gasteiger partial charge is 0.413 e. The summed E-state index contributed by atoms with van der Waals surface area (Å²) in [5.41, 5.74) is 0. The van der Waals surface area contributed by atoms with Gasteiger partial charge in [-0.3, -0.25) is 4.79 Å². The average Bonchev–Trinajstić information content (AvgIpc) is 2.47. The molecule has 0 aromatic heterocycles. The summed E-state index contributed by atoms with van der Waals surface area (Å²) in [4.78, 5) is 12.1. The maximum Gasteiger partial charge on any atom is 0.192 e. The molecule has 0 fully saturated rings. The first kappa shape index (κ1) is 18.8. The number of hydrogen-bond donors (Lipinski definition) is 0. The molecule has 0 aliphatic rings. The zero-order valence-corrected chi connectivity index (χ0v) is 15.1. The standard InChI is InChI=1S/C16H34O2Si/c1-8-13(6)16(14(7)15(17)9-2)18-19(10-3,11-4)12-5/h13-14,16H,8-12H2,1-7H3/t13-,14+,16-/m0/s1. The van der Waals surface area contributed by atoms with Crippen molar-refractivity contribution in [1.82, 2.24) is 0 Å². The molecule has 114 valence electrons. The van der Waals surface area contributed by atoms with Crippen LogP contribution in [0.3, 0.4) is 0 Å². The minimum Gasteiger partial charge on any atom is -0.413 e. The van der Waals surface area contributed by atoms with E-state index in [4.69, 9.17) is 4.43 Å². The molecule has 0 heterocycles. The zero-order valence-electron chi connectivity index (χ0n) is 14.1. The van der Waals surface area contributed by atoms with E-state index in [9.17, 15) is 4.79 Å². The van der Waals surface area contributed by atoms with Gasteiger partial charge in [0.05, 0.1) is 6.10 Å². The number of carbonyl (C=O) groups excluding carboxylic acids is 1. The van der Waals surface area contributed by atoms with Gasteiger partial charge in [-0.05, 0) is 24.1 Å². The molecule has 0 aromatic carbocycles. The highest BCUT2D eigenvalue weighted by Gasteiger charge is 2.37. The average molecular weight is 287 g/mol. The second kappa shape index (κ2) is 8.91. The van der Waals surface area contributed by atoms with Crippen LogP contribution in [-0.2, 0) is 9.22 Å². The Kier molecular flexibility index (Phi) is 8.84. The molecule has 0 N–H and O–H groups in total. The molecule has 2 nitrogen and oxygen atoms in total. The minimum absolute atomic E-state index is 0.0384. The van der Waals surface area contributed by atoms with E-state index in [1.807, 2.05) is 6.92 Å². The summed E-state index contributed by atoms with van der Waals surface area (Å²) in [7, 11) is -1.63. The van der Waals surface area contributed by atoms with Crippen LogP contribution in [0, 0.1) is 11.8 Å². The van der Waals surface area contributed by atoms with Crippen molar-refractivity contribution < 1.29 is 9.22 Å². The Morgan fingerprint density at radius 3 is 1.79 bits per heavy atom. The monoisotopic (exact) mass is 286 g/mol. The third-order valence-electron chi connectivity index (χ3n) is 4.87. The minimum atomic E-state index is -1.63. The number of ketones is 1. The second-order valence-electron chi connectivity index (χ2n) is 5.82. The first-order valence-corrected chi connectivity index (χ1v) is 10.6. The van der Waals surface area contributed by atoms with Crippen molar-refractivity contribution in [2.75, 3.05) is 0 Å². The van der Waals surface area contributed by atoms with Crippen molar-refractivity contribution in [2.24, 2.45) is 11.8 Å². The quantitative estimate of drug-likeness (QED) is 0.526. The third kappa shape index (κ3) is 5.03. The summed E-state index contributed by atoms with van der Waals surface area (Å²) in [5, 5.41) is 0. The van der Waals surface area contributed by atoms with E-state index >= 15 is 0 Å². The Labute approximate surface area is 121 Å². The summed E-state index contributed by atoms with van der Waals surface area (Å²) in [6, 6.07) is 3.46. The van der Waals surface area contributed by atoms with Gasteiger partial charge >= 0.3 is 0 Å². The zero-order chi connectivity index (χ0) is 15.1. The normalized spacial score (nSPS) is 17.0. The van der Waals surface area contributed by atoms with Crippen LogP contribution < -0.4 is 0 Å². The van der Waals surface area contributed by atoms with Crippen molar-refractivity contribution in [3.63, 3.8) is 0 Å². The van der Waals surface area contributed by atoms with Crippen LogP contribution in [0.1, 0.15) is 61.3 Å². The lowest BCUT2D eigenvalue weighted by Gasteiger charge is -2.38. The van der Waals surface area contributed by atoms with E-state index in [1.165, 1.54) is 0 Å². The van der Waals surface area contributed by atoms with Gasteiger partial charge in [-0.15, -0.1) is 0 Å². The summed E-state index contributed by atoms with van der Waals surface area (Å²) in [6.07, 6.45) is 1.81. The van der Waals surface area contributed by atoms with Crippen LogP contribution in [0.25, 0.3) is 0 Å². The van der Waals surface area contributed by atoms with Gasteiger partial charge in [-0.2, -0.15) is 0 Å². The molecule has 0 saturated heterocycles. The molecular weight excluding hydrogens is 252 g/mol. The molecule has 19 heavy (non-hydrogen) atoms. The Morgan fingerprint density at radius 1 is 1.00 bits per heavy atom. The molecule has 0 rings (SSSR count). The summed E-state index contributed by atoms with van der Waals surface area (Å²) >= 11 is 0. The molecule has 0 unspecified atom stereocenters. The Balaban J connectivity index is 5.10. The number of hydrogen-bond acceptors (Lipinski definition) is 2. The van der Waals surface area contributed by atoms with Crippen molar-refractivity contribution >= 4 is 14.1 Å². The predicted molar refractivity (Wildman–Crippen MR) is 86.0 cm³/mol. The summed E-state index contributed by atoms with van der Waals surface area (Å²) in [6.45, 7) is 15.2. The van der Waals surface area contributed by atoms with Crippen LogP contribution in [0.15, 0.2) is 0 Å². The highest BCUT2D eigenvalue weighted by Crippen LogP contribution is 2.30. The van der Waals surface area contributed by atoms with Crippen LogP contribution in [0.5, 0.6) is 0 Å². The lowest BCUT2D eigenvalue weighted by Crippen LogP contribution is -2.46. The van der Waals surface area contributed by atoms with E-state index in [2.05, 4.69) is 41.5 Å². The van der Waals surface area contributed by atoms with Gasteiger partial charge in [0.15, 0.2) is 8.32 Å². The fraction of sp³-hybridized carbons (Fsp3) is 0.938. The highest BCUT2D eigenvalue weighted by atomic mass is 28.4. The fourth-order valence-electron chi connectivity index (χ4n) is 2.74. The van der Waals surface area contributed by atoms with E-state index in [0.717, 1.165) is 24.6 Å². The molecule has 0 bridgehead atoms. The van der Waals surface area contributed by atoms with Gasteiger partial charge < -0.3 is 4.43 Å². The summed E-state index contributed by atoms with van der Waals surface area (Å²) < 4.78 is 6.64. The first-order valence-electron chi connectivity index (χ1n) is 8.11. The second-order valence-corrected chi connectivity index (χ2v) is 10.5. The fourth-order valence-corrected chi connectivity index (χ4v) is 5.75. The van der Waals surface area contributed by atoms with Gasteiger partial charge in [0.2, 0.25) is 0 Å². The van der Waals surface area contributed by atoms with E-state index < -0.39 is 8.32 Å². The van der Waals surface area contributed by atoms with Crippen molar-refractivity contribution in [2.45, 2.75) is 85.5 Å². The number of rotatable bonds is 10. The first-order chi connectivity index (χ1) is 8.91. The van der Waals surface area contributed by atoms with Crippen LogP contribution in [0.4, 0.5) is 0 Å². The summed E-state index contributed by atoms with van der Waals surface area (Å²) in [5.74, 6) is 0.843. The van der Waals surface area contributed by atoms with Gasteiger partial charge in [0, 0.05) is 12.3 Å². The van der Waals surface area contributed by atoms with Crippen molar-refractivity contribution in [3.8, 4) is 0 Å². The Bertz CT molecular complexity index is 253. The van der Waals surface area contributed by atoms with Crippen molar-refractivity contribution in [3.05, 3.63) is 0 Å². The topological polar surface area (TPSA) is 26.3 Å². The number of Topliss-reactive ketones (excluding diaryl/α,β-unsaturated/α-hetero) is 1. The Hall–Kier alpha value is -0.153. The number of carbonyl (C=O) groups is 1. The molecule has 3 atom stereocenters. The van der Waals surface area contributed by atoms with Crippen LogP contribution in [0.2, 0.25) is 18.1 Å². The van der Waals surface area contributed by atoms with E-state index in [1.54, 1.807) is 0 Å². The van der Waals surface area contributed by atoms with Gasteiger partial charge in [-0.1, -0.05) is 54.9 Å². The SMILES string of the molecule is CCC(=O)[C@@H](C)[C@@H](O[Si](CC)(CC)CC)[C@@H](C)CC. The lowest BCUT2D eigenvalue weighted by molar-refractivity contribution is -0.126. The van der Waals surface area contributed by atoms with Gasteiger partial charge in [0.25, 0.3) is 0 Å². The lowest BCUT2D eigenvalue weighted by atomic mass is 9.88. The molecule has 0 saturated carbocycles. The van der Waals surface area contributed by atoms with Crippen LogP contribution in [-0.4, -0.2) is 20.2 Å². The molecule has 0 aliphatic carbocycles. The van der Waals surface area contributed by atoms with Gasteiger partial charge in [0.1, 0.15) is 5.78 Å². The van der Waals surface area contributed by atoms with E-state index in [0.29, 0.717) is 18.1 Å². The third-order valence-corrected chi connectivity index (χ3v) is 9.51. The smallest absolute Gasteiger partial charge is 0.192 e. The molecule has 0 aromatic rings. The molecule has 0 radical (unpaired) electrons. The molecule has 0 amide bonds. The Morgan fingerprint density at radius 2 is 1.47 bits per heavy atom. The van der Waals surface area contributed by atoms with E-state index in [-0.39, 0.29) is 12.0 Å². The molecule has 0 aliphatic heterocycles. The molecule has 3 heteroatoms. The highest BCUT2D eigenvalue weighted by molar-refractivity contribution is 6.73. The maximum atomic E-state index is 12.1. The van der Waals surface area contributed by atoms with Crippen LogP contribution >= 0.6 is 0 Å². The molecule has 0 spiro atoms. The maximum absolute atomic E-state index is 12.1. The van der Waals surface area contributed by atoms with Crippen molar-refractivity contribution in [1.29, 1.82) is 0 Å².